The second-order valence-corrected chi connectivity index (χ2v) is 4.29. The summed E-state index contributed by atoms with van der Waals surface area (Å²) in [4.78, 5) is 11.5. The molecule has 0 fully saturated rings. The third-order valence-corrected chi connectivity index (χ3v) is 2.94. The molecule has 0 radical (unpaired) electrons. The molecule has 3 aromatic rings. The van der Waals surface area contributed by atoms with Crippen LogP contribution in [-0.4, -0.2) is 19.6 Å². The van der Waals surface area contributed by atoms with Crippen molar-refractivity contribution in [3.8, 4) is 0 Å². The van der Waals surface area contributed by atoms with Gasteiger partial charge in [0, 0.05) is 29.6 Å². The van der Waals surface area contributed by atoms with Gasteiger partial charge in [0.25, 0.3) is 0 Å². The van der Waals surface area contributed by atoms with Crippen LogP contribution < -0.4 is 5.32 Å². The van der Waals surface area contributed by atoms with Gasteiger partial charge >= 0.3 is 0 Å². The summed E-state index contributed by atoms with van der Waals surface area (Å²) < 4.78 is 10.5. The highest BCUT2D eigenvalue weighted by Crippen LogP contribution is 2.30. The van der Waals surface area contributed by atoms with E-state index in [4.69, 9.17) is 9.15 Å². The van der Waals surface area contributed by atoms with Crippen molar-refractivity contribution in [2.24, 2.45) is 0 Å². The molecule has 0 aliphatic carbocycles. The van der Waals surface area contributed by atoms with E-state index in [0.29, 0.717) is 5.69 Å². The summed E-state index contributed by atoms with van der Waals surface area (Å²) in [6.07, 6.45) is 0. The van der Waals surface area contributed by atoms with Gasteiger partial charge in [0.1, 0.15) is 17.8 Å². The second kappa shape index (κ2) is 4.74. The number of amides is 1. The summed E-state index contributed by atoms with van der Waals surface area (Å²) >= 11 is 0. The maximum Gasteiger partial charge on any atom is 0.250 e. The minimum Gasteiger partial charge on any atom is -0.456 e. The van der Waals surface area contributed by atoms with E-state index in [0.717, 1.165) is 21.9 Å². The quantitative estimate of drug-likeness (QED) is 0.782. The monoisotopic (exact) mass is 255 g/mol. The summed E-state index contributed by atoms with van der Waals surface area (Å²) in [6, 6.07) is 13.5. The van der Waals surface area contributed by atoms with E-state index in [-0.39, 0.29) is 12.5 Å². The van der Waals surface area contributed by atoms with E-state index < -0.39 is 0 Å². The third kappa shape index (κ3) is 2.18. The number of methoxy groups -OCH3 is 1. The standard InChI is InChI=1S/C15H13NO3/c1-18-9-15(17)16-10-6-7-12-11-4-2-3-5-13(11)19-14(12)8-10/h2-8H,9H2,1H3,(H,16,17). The molecule has 1 aromatic heterocycles. The summed E-state index contributed by atoms with van der Waals surface area (Å²) in [7, 11) is 1.49. The van der Waals surface area contributed by atoms with Crippen molar-refractivity contribution in [3.63, 3.8) is 0 Å². The lowest BCUT2D eigenvalue weighted by molar-refractivity contribution is -0.119. The molecule has 3 rings (SSSR count). The van der Waals surface area contributed by atoms with Crippen molar-refractivity contribution in [2.75, 3.05) is 19.0 Å². The van der Waals surface area contributed by atoms with Gasteiger partial charge in [-0.05, 0) is 18.2 Å². The number of nitrogens with one attached hydrogen (secondary N) is 1. The van der Waals surface area contributed by atoms with E-state index in [1.807, 2.05) is 42.5 Å². The molecule has 0 unspecified atom stereocenters. The van der Waals surface area contributed by atoms with Crippen molar-refractivity contribution in [1.29, 1.82) is 0 Å². The van der Waals surface area contributed by atoms with Crippen LogP contribution in [0.4, 0.5) is 5.69 Å². The Morgan fingerprint density at radius 2 is 1.95 bits per heavy atom. The number of hydrogen-bond donors (Lipinski definition) is 1. The average molecular weight is 255 g/mol. The fourth-order valence-corrected chi connectivity index (χ4v) is 2.13. The summed E-state index contributed by atoms with van der Waals surface area (Å²) in [5.41, 5.74) is 2.31. The zero-order valence-corrected chi connectivity index (χ0v) is 10.5. The Labute approximate surface area is 110 Å². The number of benzene rings is 2. The van der Waals surface area contributed by atoms with Crippen molar-refractivity contribution >= 4 is 33.5 Å². The minimum atomic E-state index is -0.182. The van der Waals surface area contributed by atoms with Crippen molar-refractivity contribution in [2.45, 2.75) is 0 Å². The molecular weight excluding hydrogens is 242 g/mol. The van der Waals surface area contributed by atoms with Crippen molar-refractivity contribution in [3.05, 3.63) is 42.5 Å². The fraction of sp³-hybridized carbons (Fsp3) is 0.133. The normalized spacial score (nSPS) is 11.0. The highest BCUT2D eigenvalue weighted by molar-refractivity contribution is 6.06. The molecule has 0 saturated carbocycles. The van der Waals surface area contributed by atoms with Crippen LogP contribution >= 0.6 is 0 Å². The van der Waals surface area contributed by atoms with Crippen LogP contribution in [0.2, 0.25) is 0 Å². The molecule has 0 atom stereocenters. The number of furan rings is 1. The minimum absolute atomic E-state index is 0.0398. The van der Waals surface area contributed by atoms with Gasteiger partial charge in [0.05, 0.1) is 0 Å². The Kier molecular flexibility index (Phi) is 2.93. The number of carbonyl (C=O) groups is 1. The summed E-state index contributed by atoms with van der Waals surface area (Å²) in [5, 5.41) is 4.87. The number of carbonyl (C=O) groups excluding carboxylic acids is 1. The number of rotatable bonds is 3. The molecule has 1 N–H and O–H groups in total. The van der Waals surface area contributed by atoms with Crippen LogP contribution in [-0.2, 0) is 9.53 Å². The van der Waals surface area contributed by atoms with E-state index in [1.165, 1.54) is 7.11 Å². The first-order valence-corrected chi connectivity index (χ1v) is 5.98. The Hall–Kier alpha value is -2.33. The van der Waals surface area contributed by atoms with Crippen LogP contribution in [0, 0.1) is 0 Å². The summed E-state index contributed by atoms with van der Waals surface area (Å²) in [6.45, 7) is 0.0398. The van der Waals surface area contributed by atoms with Crippen LogP contribution in [0.25, 0.3) is 21.9 Å². The Bertz CT molecular complexity index is 745. The molecule has 0 spiro atoms. The predicted molar refractivity (Wildman–Crippen MR) is 74.2 cm³/mol. The SMILES string of the molecule is COCC(=O)Nc1ccc2c(c1)oc1ccccc12. The van der Waals surface area contributed by atoms with Gasteiger partial charge in [-0.2, -0.15) is 0 Å². The topological polar surface area (TPSA) is 51.5 Å². The van der Waals surface area contributed by atoms with E-state index in [9.17, 15) is 4.79 Å². The van der Waals surface area contributed by atoms with Crippen LogP contribution in [0.5, 0.6) is 0 Å². The first kappa shape index (κ1) is 11.7. The van der Waals surface area contributed by atoms with E-state index in [2.05, 4.69) is 5.32 Å². The molecule has 0 aliphatic rings. The lowest BCUT2D eigenvalue weighted by atomic mass is 10.1. The average Bonchev–Trinajstić information content (AvgIpc) is 2.76. The molecule has 1 heterocycles. The first-order chi connectivity index (χ1) is 9.28. The molecule has 1 amide bonds. The number of para-hydroxylation sites is 1. The lowest BCUT2D eigenvalue weighted by Crippen LogP contribution is -2.16. The molecule has 96 valence electrons. The second-order valence-electron chi connectivity index (χ2n) is 4.29. The largest absolute Gasteiger partial charge is 0.456 e. The maximum atomic E-state index is 11.5. The zero-order chi connectivity index (χ0) is 13.2. The predicted octanol–water partition coefficient (Wildman–Crippen LogP) is 3.17. The molecule has 0 aliphatic heterocycles. The molecule has 4 heteroatoms. The van der Waals surface area contributed by atoms with Gasteiger partial charge in [-0.25, -0.2) is 0 Å². The number of anilines is 1. The van der Waals surface area contributed by atoms with Crippen molar-refractivity contribution in [1.82, 2.24) is 0 Å². The first-order valence-electron chi connectivity index (χ1n) is 5.98. The molecule has 4 nitrogen and oxygen atoms in total. The maximum absolute atomic E-state index is 11.5. The van der Waals surface area contributed by atoms with Gasteiger partial charge in [0.15, 0.2) is 0 Å². The van der Waals surface area contributed by atoms with E-state index in [1.54, 1.807) is 0 Å². The van der Waals surface area contributed by atoms with Gasteiger partial charge in [-0.1, -0.05) is 18.2 Å². The molecule has 0 bridgehead atoms. The van der Waals surface area contributed by atoms with E-state index >= 15 is 0 Å². The number of hydrogen-bond acceptors (Lipinski definition) is 3. The fourth-order valence-electron chi connectivity index (χ4n) is 2.13. The number of ether oxygens (including phenoxy) is 1. The smallest absolute Gasteiger partial charge is 0.250 e. The Balaban J connectivity index is 2.01. The summed E-state index contributed by atoms with van der Waals surface area (Å²) in [5.74, 6) is -0.182. The Morgan fingerprint density at radius 3 is 2.79 bits per heavy atom. The molecule has 19 heavy (non-hydrogen) atoms. The molecule has 0 saturated heterocycles. The highest BCUT2D eigenvalue weighted by atomic mass is 16.5. The van der Waals surface area contributed by atoms with Crippen LogP contribution in [0.15, 0.2) is 46.9 Å². The Morgan fingerprint density at radius 1 is 1.16 bits per heavy atom. The lowest BCUT2D eigenvalue weighted by Gasteiger charge is -2.03. The van der Waals surface area contributed by atoms with Crippen molar-refractivity contribution < 1.29 is 13.9 Å². The molecule has 2 aromatic carbocycles. The van der Waals surface area contributed by atoms with Gasteiger partial charge in [0.2, 0.25) is 5.91 Å². The van der Waals surface area contributed by atoms with Crippen LogP contribution in [0.3, 0.4) is 0 Å². The zero-order valence-electron chi connectivity index (χ0n) is 10.5. The highest BCUT2D eigenvalue weighted by Gasteiger charge is 2.08. The third-order valence-electron chi connectivity index (χ3n) is 2.94. The number of fused-ring (bicyclic) bond motifs is 3. The molecular formula is C15H13NO3. The van der Waals surface area contributed by atoms with Crippen LogP contribution in [0.1, 0.15) is 0 Å². The van der Waals surface area contributed by atoms with Gasteiger partial charge in [-0.15, -0.1) is 0 Å². The van der Waals surface area contributed by atoms with Gasteiger partial charge < -0.3 is 14.5 Å². The van der Waals surface area contributed by atoms with Gasteiger partial charge in [-0.3, -0.25) is 4.79 Å².